The Morgan fingerprint density at radius 1 is 1.17 bits per heavy atom. The van der Waals surface area contributed by atoms with Gasteiger partial charge in [0.05, 0.1) is 12.6 Å². The summed E-state index contributed by atoms with van der Waals surface area (Å²) in [5.74, 6) is 0.334. The zero-order valence-electron chi connectivity index (χ0n) is 13.7. The lowest BCUT2D eigenvalue weighted by Crippen LogP contribution is -2.13. The van der Waals surface area contributed by atoms with Gasteiger partial charge in [0, 0.05) is 11.6 Å². The van der Waals surface area contributed by atoms with E-state index in [1.807, 2.05) is 31.2 Å². The van der Waals surface area contributed by atoms with Crippen LogP contribution >= 0.6 is 0 Å². The fourth-order valence-corrected chi connectivity index (χ4v) is 4.47. The van der Waals surface area contributed by atoms with Gasteiger partial charge in [0.15, 0.2) is 0 Å². The Hall–Kier alpha value is -2.31. The molecular formula is C18H20N2O3S. The van der Waals surface area contributed by atoms with Crippen LogP contribution in [0, 0.1) is 6.92 Å². The Kier molecular flexibility index (Phi) is 4.34. The second-order valence-corrected chi connectivity index (χ2v) is 7.44. The molecule has 0 saturated heterocycles. The first kappa shape index (κ1) is 16.5. The van der Waals surface area contributed by atoms with Crippen LogP contribution < -0.4 is 10.5 Å². The van der Waals surface area contributed by atoms with E-state index in [0.717, 1.165) is 16.5 Å². The molecule has 0 aliphatic heterocycles. The Morgan fingerprint density at radius 3 is 2.67 bits per heavy atom. The molecule has 0 saturated carbocycles. The number of aryl methyl sites for hydroxylation is 1. The Balaban J connectivity index is 2.23. The van der Waals surface area contributed by atoms with E-state index >= 15 is 0 Å². The minimum Gasteiger partial charge on any atom is -0.495 e. The van der Waals surface area contributed by atoms with Crippen LogP contribution in [0.1, 0.15) is 11.1 Å². The number of fused-ring (bicyclic) bond motifs is 1. The molecule has 5 nitrogen and oxygen atoms in total. The Labute approximate surface area is 141 Å². The van der Waals surface area contributed by atoms with Gasteiger partial charge in [-0.1, -0.05) is 18.2 Å². The molecule has 2 N–H and O–H groups in total. The van der Waals surface area contributed by atoms with Crippen LogP contribution in [0.25, 0.3) is 10.9 Å². The lowest BCUT2D eigenvalue weighted by atomic mass is 10.1. The summed E-state index contributed by atoms with van der Waals surface area (Å²) in [5, 5.41) is 0.901. The van der Waals surface area contributed by atoms with Gasteiger partial charge in [0.25, 0.3) is 10.0 Å². The zero-order valence-corrected chi connectivity index (χ0v) is 14.5. The normalized spacial score (nSPS) is 11.8. The minimum atomic E-state index is -3.76. The fourth-order valence-electron chi connectivity index (χ4n) is 2.88. The number of nitrogens with two attached hydrogens (primary N) is 1. The van der Waals surface area contributed by atoms with E-state index in [1.165, 1.54) is 11.1 Å². The van der Waals surface area contributed by atoms with Crippen molar-refractivity contribution in [3.8, 4) is 5.75 Å². The molecule has 3 aromatic rings. The summed E-state index contributed by atoms with van der Waals surface area (Å²) >= 11 is 0. The molecule has 1 heterocycles. The molecule has 0 fully saturated rings. The first-order valence-corrected chi connectivity index (χ1v) is 9.12. The van der Waals surface area contributed by atoms with Gasteiger partial charge in [-0.25, -0.2) is 12.4 Å². The van der Waals surface area contributed by atoms with Crippen molar-refractivity contribution in [1.82, 2.24) is 3.97 Å². The second kappa shape index (κ2) is 6.30. The van der Waals surface area contributed by atoms with Crippen LogP contribution in [0.15, 0.2) is 53.6 Å². The highest BCUT2D eigenvalue weighted by Gasteiger charge is 2.23. The monoisotopic (exact) mass is 344 g/mol. The van der Waals surface area contributed by atoms with E-state index in [-0.39, 0.29) is 4.90 Å². The molecule has 0 amide bonds. The number of rotatable bonds is 5. The standard InChI is InChI=1S/C18H20N2O3S/c1-13-6-7-17(23-2)18(12-13)24(21,22)20-11-9-15-14(8-10-19)4-3-5-16(15)20/h3-7,9,11-12H,8,10,19H2,1-2H3. The van der Waals surface area contributed by atoms with Crippen molar-refractivity contribution in [2.75, 3.05) is 13.7 Å². The number of hydrogen-bond donors (Lipinski definition) is 1. The van der Waals surface area contributed by atoms with E-state index in [9.17, 15) is 8.42 Å². The Morgan fingerprint density at radius 2 is 1.96 bits per heavy atom. The van der Waals surface area contributed by atoms with E-state index in [4.69, 9.17) is 10.5 Å². The van der Waals surface area contributed by atoms with E-state index < -0.39 is 10.0 Å². The number of nitrogens with zero attached hydrogens (tertiary/aromatic N) is 1. The first-order valence-electron chi connectivity index (χ1n) is 7.68. The van der Waals surface area contributed by atoms with E-state index in [0.29, 0.717) is 24.2 Å². The van der Waals surface area contributed by atoms with E-state index in [2.05, 4.69) is 0 Å². The van der Waals surface area contributed by atoms with Crippen LogP contribution in [-0.4, -0.2) is 26.0 Å². The average molecular weight is 344 g/mol. The van der Waals surface area contributed by atoms with Crippen LogP contribution in [-0.2, 0) is 16.4 Å². The van der Waals surface area contributed by atoms with Gasteiger partial charge in [-0.15, -0.1) is 0 Å². The predicted octanol–water partition coefficient (Wildman–Crippen LogP) is 2.70. The van der Waals surface area contributed by atoms with Gasteiger partial charge >= 0.3 is 0 Å². The summed E-state index contributed by atoms with van der Waals surface area (Å²) in [4.78, 5) is 0.159. The average Bonchev–Trinajstić information content (AvgIpc) is 3.01. The number of hydrogen-bond acceptors (Lipinski definition) is 4. The molecule has 0 atom stereocenters. The van der Waals surface area contributed by atoms with Gasteiger partial charge < -0.3 is 10.5 Å². The third-order valence-electron chi connectivity index (χ3n) is 4.06. The summed E-state index contributed by atoms with van der Waals surface area (Å²) in [5.41, 5.74) is 8.19. The van der Waals surface area contributed by atoms with Crippen LogP contribution in [0.5, 0.6) is 5.75 Å². The number of benzene rings is 2. The van der Waals surface area contributed by atoms with Crippen LogP contribution in [0.4, 0.5) is 0 Å². The van der Waals surface area contributed by atoms with Crippen molar-refractivity contribution in [3.63, 3.8) is 0 Å². The van der Waals surface area contributed by atoms with Gasteiger partial charge in [-0.05, 0) is 55.3 Å². The molecule has 0 bridgehead atoms. The molecule has 0 unspecified atom stereocenters. The SMILES string of the molecule is COc1ccc(C)cc1S(=O)(=O)n1ccc2c(CCN)cccc21. The maximum atomic E-state index is 13.2. The third-order valence-corrected chi connectivity index (χ3v) is 5.77. The Bertz CT molecular complexity index is 991. The van der Waals surface area contributed by atoms with Crippen molar-refractivity contribution in [2.24, 2.45) is 5.73 Å². The van der Waals surface area contributed by atoms with Crippen LogP contribution in [0.2, 0.25) is 0 Å². The second-order valence-electron chi connectivity index (χ2n) is 5.66. The number of ether oxygens (including phenoxy) is 1. The third kappa shape index (κ3) is 2.68. The van der Waals surface area contributed by atoms with Crippen molar-refractivity contribution in [1.29, 1.82) is 0 Å². The van der Waals surface area contributed by atoms with E-state index in [1.54, 1.807) is 24.4 Å². The zero-order chi connectivity index (χ0) is 17.3. The fraction of sp³-hybridized carbons (Fsp3) is 0.222. The highest BCUT2D eigenvalue weighted by atomic mass is 32.2. The summed E-state index contributed by atoms with van der Waals surface area (Å²) in [6.45, 7) is 2.37. The minimum absolute atomic E-state index is 0.159. The molecule has 0 spiro atoms. The predicted molar refractivity (Wildman–Crippen MR) is 95.0 cm³/mol. The molecule has 126 valence electrons. The summed E-state index contributed by atoms with van der Waals surface area (Å²) in [7, 11) is -2.29. The smallest absolute Gasteiger partial charge is 0.271 e. The molecule has 3 rings (SSSR count). The molecule has 0 aliphatic carbocycles. The molecule has 6 heteroatoms. The molecule has 0 radical (unpaired) electrons. The quantitative estimate of drug-likeness (QED) is 0.772. The van der Waals surface area contributed by atoms with Gasteiger partial charge in [-0.3, -0.25) is 0 Å². The number of methoxy groups -OCH3 is 1. The molecule has 2 aromatic carbocycles. The summed E-state index contributed by atoms with van der Waals surface area (Å²) < 4.78 is 32.9. The van der Waals surface area contributed by atoms with Crippen LogP contribution in [0.3, 0.4) is 0 Å². The molecule has 0 aliphatic rings. The summed E-state index contributed by atoms with van der Waals surface area (Å²) in [6, 6.07) is 12.6. The molecule has 24 heavy (non-hydrogen) atoms. The lowest BCUT2D eigenvalue weighted by molar-refractivity contribution is 0.402. The van der Waals surface area contributed by atoms with Gasteiger partial charge in [0.1, 0.15) is 10.6 Å². The first-order chi connectivity index (χ1) is 11.5. The maximum Gasteiger partial charge on any atom is 0.271 e. The molecular weight excluding hydrogens is 324 g/mol. The van der Waals surface area contributed by atoms with Gasteiger partial charge in [0.2, 0.25) is 0 Å². The lowest BCUT2D eigenvalue weighted by Gasteiger charge is -2.12. The van der Waals surface area contributed by atoms with Crippen molar-refractivity contribution in [3.05, 3.63) is 59.8 Å². The largest absolute Gasteiger partial charge is 0.495 e. The van der Waals surface area contributed by atoms with Gasteiger partial charge in [-0.2, -0.15) is 0 Å². The van der Waals surface area contributed by atoms with Crippen molar-refractivity contribution < 1.29 is 13.2 Å². The maximum absolute atomic E-state index is 13.2. The number of aromatic nitrogens is 1. The topological polar surface area (TPSA) is 74.3 Å². The van der Waals surface area contributed by atoms with Crippen molar-refractivity contribution in [2.45, 2.75) is 18.2 Å². The molecule has 1 aromatic heterocycles. The highest BCUT2D eigenvalue weighted by molar-refractivity contribution is 7.90. The summed E-state index contributed by atoms with van der Waals surface area (Å²) in [6.07, 6.45) is 2.29. The highest BCUT2D eigenvalue weighted by Crippen LogP contribution is 2.30. The van der Waals surface area contributed by atoms with Crippen molar-refractivity contribution >= 4 is 20.9 Å².